The number of hydrogen-bond donors (Lipinski definition) is 1. The third kappa shape index (κ3) is 4.24. The topological polar surface area (TPSA) is 78.4 Å². The smallest absolute Gasteiger partial charge is 0.237 e. The Kier molecular flexibility index (Phi) is 5.43. The van der Waals surface area contributed by atoms with E-state index < -0.39 is 0 Å². The van der Waals surface area contributed by atoms with Crippen LogP contribution >= 0.6 is 0 Å². The van der Waals surface area contributed by atoms with Crippen molar-refractivity contribution in [3.8, 4) is 0 Å². The number of carbonyl (C=O) groups excluding carboxylic acids is 2. The largest absolute Gasteiger partial charge is 0.351 e. The summed E-state index contributed by atoms with van der Waals surface area (Å²) in [6.45, 7) is 2.99. The van der Waals surface area contributed by atoms with Crippen molar-refractivity contribution in [3.63, 3.8) is 0 Å². The maximum Gasteiger partial charge on any atom is 0.237 e. The number of aromatic nitrogens is 2. The van der Waals surface area contributed by atoms with Gasteiger partial charge >= 0.3 is 0 Å². The van der Waals surface area contributed by atoms with Gasteiger partial charge in [-0.25, -0.2) is 9.97 Å². The first-order chi connectivity index (χ1) is 10.5. The second kappa shape index (κ2) is 7.31. The number of nitrogens with zero attached hydrogens (tertiary/aromatic N) is 4. The molecule has 2 heterocycles. The minimum Gasteiger partial charge on any atom is -0.351 e. The SMILES string of the molecule is CC(=O)NCc1ccnc([C@@H]2CCCN2C(=O)CN(C)C)n1. The molecule has 1 aliphatic heterocycles. The van der Waals surface area contributed by atoms with E-state index in [1.165, 1.54) is 6.92 Å². The van der Waals surface area contributed by atoms with Crippen molar-refractivity contribution in [3.05, 3.63) is 23.8 Å². The zero-order valence-electron chi connectivity index (χ0n) is 13.4. The summed E-state index contributed by atoms with van der Waals surface area (Å²) in [7, 11) is 3.76. The van der Waals surface area contributed by atoms with Gasteiger partial charge in [0.1, 0.15) is 0 Å². The van der Waals surface area contributed by atoms with Gasteiger partial charge in [0.2, 0.25) is 11.8 Å². The van der Waals surface area contributed by atoms with E-state index >= 15 is 0 Å². The van der Waals surface area contributed by atoms with E-state index in [-0.39, 0.29) is 17.9 Å². The molecule has 0 unspecified atom stereocenters. The summed E-state index contributed by atoms with van der Waals surface area (Å²) in [6, 6.07) is 1.71. The summed E-state index contributed by atoms with van der Waals surface area (Å²) < 4.78 is 0. The van der Waals surface area contributed by atoms with E-state index in [0.29, 0.717) is 18.9 Å². The van der Waals surface area contributed by atoms with Gasteiger partial charge in [0.05, 0.1) is 24.8 Å². The lowest BCUT2D eigenvalue weighted by Gasteiger charge is -2.25. The fraction of sp³-hybridized carbons (Fsp3) is 0.600. The standard InChI is InChI=1S/C15H23N5O2/c1-11(21)17-9-12-6-7-16-15(18-12)13-5-4-8-20(13)14(22)10-19(2)3/h6-7,13H,4-5,8-10H2,1-3H3,(H,17,21)/t13-/m0/s1. The normalized spacial score (nSPS) is 17.8. The van der Waals surface area contributed by atoms with E-state index in [1.807, 2.05) is 23.9 Å². The average molecular weight is 305 g/mol. The molecule has 7 heteroatoms. The van der Waals surface area contributed by atoms with Crippen molar-refractivity contribution in [2.75, 3.05) is 27.2 Å². The van der Waals surface area contributed by atoms with Crippen molar-refractivity contribution >= 4 is 11.8 Å². The summed E-state index contributed by atoms with van der Waals surface area (Å²) >= 11 is 0. The van der Waals surface area contributed by atoms with Gasteiger partial charge in [-0.3, -0.25) is 9.59 Å². The fourth-order valence-electron chi connectivity index (χ4n) is 2.58. The van der Waals surface area contributed by atoms with Crippen molar-refractivity contribution in [1.82, 2.24) is 25.1 Å². The van der Waals surface area contributed by atoms with Gasteiger partial charge in [0, 0.05) is 19.7 Å². The Bertz CT molecular complexity index is 546. The summed E-state index contributed by atoms with van der Waals surface area (Å²) in [5.74, 6) is 0.666. The number of likely N-dealkylation sites (N-methyl/N-ethyl adjacent to an activating group) is 1. The molecule has 2 amide bonds. The molecular weight excluding hydrogens is 282 g/mol. The highest BCUT2D eigenvalue weighted by molar-refractivity contribution is 5.79. The molecule has 0 bridgehead atoms. The average Bonchev–Trinajstić information content (AvgIpc) is 2.94. The molecular formula is C15H23N5O2. The van der Waals surface area contributed by atoms with E-state index in [2.05, 4.69) is 15.3 Å². The number of amides is 2. The Morgan fingerprint density at radius 2 is 2.23 bits per heavy atom. The molecule has 0 radical (unpaired) electrons. The van der Waals surface area contributed by atoms with Crippen LogP contribution in [-0.2, 0) is 16.1 Å². The van der Waals surface area contributed by atoms with Gasteiger partial charge in [-0.2, -0.15) is 0 Å². The molecule has 1 fully saturated rings. The van der Waals surface area contributed by atoms with Crippen LogP contribution in [0.2, 0.25) is 0 Å². The summed E-state index contributed by atoms with van der Waals surface area (Å²) in [5.41, 5.74) is 0.757. The molecule has 0 saturated carbocycles. The lowest BCUT2D eigenvalue weighted by Crippen LogP contribution is -2.38. The minimum absolute atomic E-state index is 0.0651. The number of nitrogens with one attached hydrogen (secondary N) is 1. The van der Waals surface area contributed by atoms with Crippen LogP contribution in [0.15, 0.2) is 12.3 Å². The maximum atomic E-state index is 12.3. The Balaban J connectivity index is 2.10. The molecule has 1 aromatic rings. The second-order valence-electron chi connectivity index (χ2n) is 5.80. The monoisotopic (exact) mass is 305 g/mol. The second-order valence-corrected chi connectivity index (χ2v) is 5.80. The molecule has 1 atom stereocenters. The zero-order chi connectivity index (χ0) is 16.1. The molecule has 1 aliphatic rings. The molecule has 22 heavy (non-hydrogen) atoms. The predicted octanol–water partition coefficient (Wildman–Crippen LogP) is 0.338. The van der Waals surface area contributed by atoms with Crippen LogP contribution in [0.25, 0.3) is 0 Å². The number of rotatable bonds is 5. The Labute approximate surface area is 130 Å². The molecule has 1 N–H and O–H groups in total. The van der Waals surface area contributed by atoms with Gasteiger partial charge in [0.15, 0.2) is 5.82 Å². The quantitative estimate of drug-likeness (QED) is 0.848. The lowest BCUT2D eigenvalue weighted by molar-refractivity contribution is -0.132. The molecule has 2 rings (SSSR count). The Morgan fingerprint density at radius 3 is 2.91 bits per heavy atom. The molecule has 0 spiro atoms. The van der Waals surface area contributed by atoms with Crippen LogP contribution < -0.4 is 5.32 Å². The molecule has 120 valence electrons. The van der Waals surface area contributed by atoms with Crippen molar-refractivity contribution < 1.29 is 9.59 Å². The van der Waals surface area contributed by atoms with Crippen molar-refractivity contribution in [2.24, 2.45) is 0 Å². The van der Waals surface area contributed by atoms with E-state index in [4.69, 9.17) is 0 Å². The summed E-state index contributed by atoms with van der Waals surface area (Å²) in [4.78, 5) is 35.9. The molecule has 0 aliphatic carbocycles. The van der Waals surface area contributed by atoms with Crippen LogP contribution in [0.4, 0.5) is 0 Å². The number of carbonyl (C=O) groups is 2. The van der Waals surface area contributed by atoms with Gasteiger partial charge in [-0.05, 0) is 33.0 Å². The van der Waals surface area contributed by atoms with Crippen LogP contribution in [0.3, 0.4) is 0 Å². The van der Waals surface area contributed by atoms with E-state index in [9.17, 15) is 9.59 Å². The Morgan fingerprint density at radius 1 is 1.45 bits per heavy atom. The lowest BCUT2D eigenvalue weighted by atomic mass is 10.2. The zero-order valence-corrected chi connectivity index (χ0v) is 13.4. The Hall–Kier alpha value is -2.02. The van der Waals surface area contributed by atoms with Gasteiger partial charge < -0.3 is 15.1 Å². The third-order valence-corrected chi connectivity index (χ3v) is 3.57. The molecule has 7 nitrogen and oxygen atoms in total. The number of likely N-dealkylation sites (tertiary alicyclic amines) is 1. The molecule has 1 saturated heterocycles. The first-order valence-electron chi connectivity index (χ1n) is 7.48. The van der Waals surface area contributed by atoms with Crippen LogP contribution in [0.1, 0.15) is 37.3 Å². The highest BCUT2D eigenvalue weighted by Gasteiger charge is 2.31. The van der Waals surface area contributed by atoms with Crippen LogP contribution in [0, 0.1) is 0 Å². The first-order valence-corrected chi connectivity index (χ1v) is 7.48. The number of hydrogen-bond acceptors (Lipinski definition) is 5. The third-order valence-electron chi connectivity index (χ3n) is 3.57. The summed E-state index contributed by atoms with van der Waals surface area (Å²) in [6.07, 6.45) is 3.53. The van der Waals surface area contributed by atoms with E-state index in [0.717, 1.165) is 25.1 Å². The van der Waals surface area contributed by atoms with Crippen molar-refractivity contribution in [2.45, 2.75) is 32.4 Å². The fourth-order valence-corrected chi connectivity index (χ4v) is 2.58. The minimum atomic E-state index is -0.0937. The summed E-state index contributed by atoms with van der Waals surface area (Å²) in [5, 5.41) is 2.72. The van der Waals surface area contributed by atoms with Gasteiger partial charge in [-0.1, -0.05) is 0 Å². The molecule has 0 aromatic carbocycles. The highest BCUT2D eigenvalue weighted by Crippen LogP contribution is 2.29. The van der Waals surface area contributed by atoms with Crippen molar-refractivity contribution in [1.29, 1.82) is 0 Å². The van der Waals surface area contributed by atoms with Gasteiger partial charge in [-0.15, -0.1) is 0 Å². The van der Waals surface area contributed by atoms with Gasteiger partial charge in [0.25, 0.3) is 0 Å². The van der Waals surface area contributed by atoms with Crippen LogP contribution in [-0.4, -0.2) is 58.8 Å². The molecule has 1 aromatic heterocycles. The maximum absolute atomic E-state index is 12.3. The highest BCUT2D eigenvalue weighted by atomic mass is 16.2. The van der Waals surface area contributed by atoms with Crippen LogP contribution in [0.5, 0.6) is 0 Å². The first kappa shape index (κ1) is 16.4. The van der Waals surface area contributed by atoms with E-state index in [1.54, 1.807) is 12.3 Å². The predicted molar refractivity (Wildman–Crippen MR) is 81.8 cm³/mol.